The predicted molar refractivity (Wildman–Crippen MR) is 81.4 cm³/mol. The maximum atomic E-state index is 4.41. The number of hydrogen-bond acceptors (Lipinski definition) is 2. The van der Waals surface area contributed by atoms with Gasteiger partial charge in [0.15, 0.2) is 0 Å². The highest BCUT2D eigenvalue weighted by molar-refractivity contribution is 5.42. The molecular formula is C17H22N2. The molecular weight excluding hydrogens is 232 g/mol. The summed E-state index contributed by atoms with van der Waals surface area (Å²) in [4.78, 5) is 4.41. The molecule has 0 amide bonds. The standard InChI is InChI=1S/C17H22N2/c1-12(2)17(15-8-6-5-7-14(15)4)19-16-11-13(3)9-10-18-16/h5-12,17H,1-4H3,(H,18,19). The lowest BCUT2D eigenvalue weighted by molar-refractivity contribution is 0.542. The number of anilines is 1. The molecule has 0 radical (unpaired) electrons. The van der Waals surface area contributed by atoms with E-state index in [1.165, 1.54) is 16.7 Å². The highest BCUT2D eigenvalue weighted by Crippen LogP contribution is 2.28. The summed E-state index contributed by atoms with van der Waals surface area (Å²) >= 11 is 0. The Morgan fingerprint density at radius 2 is 1.79 bits per heavy atom. The average Bonchev–Trinajstić information content (AvgIpc) is 2.37. The number of rotatable bonds is 4. The first-order valence-corrected chi connectivity index (χ1v) is 6.82. The molecule has 0 bridgehead atoms. The van der Waals surface area contributed by atoms with Crippen LogP contribution in [0.1, 0.15) is 36.6 Å². The summed E-state index contributed by atoms with van der Waals surface area (Å²) in [5.41, 5.74) is 3.90. The van der Waals surface area contributed by atoms with E-state index in [0.29, 0.717) is 5.92 Å². The number of benzene rings is 1. The van der Waals surface area contributed by atoms with E-state index in [0.717, 1.165) is 5.82 Å². The van der Waals surface area contributed by atoms with E-state index in [1.807, 2.05) is 12.3 Å². The molecule has 0 fully saturated rings. The zero-order valence-electron chi connectivity index (χ0n) is 12.1. The minimum atomic E-state index is 0.287. The Bertz CT molecular complexity index is 546. The van der Waals surface area contributed by atoms with E-state index >= 15 is 0 Å². The van der Waals surface area contributed by atoms with Gasteiger partial charge in [0.05, 0.1) is 6.04 Å². The number of pyridine rings is 1. The van der Waals surface area contributed by atoms with Gasteiger partial charge < -0.3 is 5.32 Å². The normalized spacial score (nSPS) is 12.5. The van der Waals surface area contributed by atoms with Crippen LogP contribution in [-0.4, -0.2) is 4.98 Å². The summed E-state index contributed by atoms with van der Waals surface area (Å²) in [7, 11) is 0. The number of nitrogens with zero attached hydrogens (tertiary/aromatic N) is 1. The summed E-state index contributed by atoms with van der Waals surface area (Å²) in [5.74, 6) is 1.45. The maximum absolute atomic E-state index is 4.41. The summed E-state index contributed by atoms with van der Waals surface area (Å²) in [5, 5.41) is 3.57. The lowest BCUT2D eigenvalue weighted by Crippen LogP contribution is -2.18. The number of aromatic nitrogens is 1. The molecule has 0 saturated carbocycles. The molecule has 1 atom stereocenters. The molecule has 0 aliphatic heterocycles. The third-order valence-corrected chi connectivity index (χ3v) is 3.41. The van der Waals surface area contributed by atoms with Crippen LogP contribution in [0.15, 0.2) is 42.6 Å². The van der Waals surface area contributed by atoms with Gasteiger partial charge in [0.2, 0.25) is 0 Å². The van der Waals surface area contributed by atoms with Gasteiger partial charge in [0.25, 0.3) is 0 Å². The zero-order valence-corrected chi connectivity index (χ0v) is 12.1. The molecule has 1 unspecified atom stereocenters. The fourth-order valence-electron chi connectivity index (χ4n) is 2.31. The minimum absolute atomic E-state index is 0.287. The quantitative estimate of drug-likeness (QED) is 0.868. The van der Waals surface area contributed by atoms with Gasteiger partial charge in [0, 0.05) is 6.20 Å². The van der Waals surface area contributed by atoms with Crippen molar-refractivity contribution in [1.29, 1.82) is 0 Å². The smallest absolute Gasteiger partial charge is 0.126 e. The van der Waals surface area contributed by atoms with E-state index in [2.05, 4.69) is 68.3 Å². The van der Waals surface area contributed by atoms with Crippen molar-refractivity contribution in [2.24, 2.45) is 5.92 Å². The highest BCUT2D eigenvalue weighted by atomic mass is 15.0. The van der Waals surface area contributed by atoms with Crippen LogP contribution in [0.5, 0.6) is 0 Å². The molecule has 0 aliphatic carbocycles. The van der Waals surface area contributed by atoms with Crippen molar-refractivity contribution in [2.75, 3.05) is 5.32 Å². The zero-order chi connectivity index (χ0) is 13.8. The van der Waals surface area contributed by atoms with Gasteiger partial charge in [-0.15, -0.1) is 0 Å². The number of hydrogen-bond donors (Lipinski definition) is 1. The molecule has 2 heteroatoms. The van der Waals surface area contributed by atoms with E-state index < -0.39 is 0 Å². The summed E-state index contributed by atoms with van der Waals surface area (Å²) in [6, 6.07) is 12.9. The SMILES string of the molecule is Cc1ccnc(NC(c2ccccc2C)C(C)C)c1. The summed E-state index contributed by atoms with van der Waals surface area (Å²) in [6.45, 7) is 8.72. The van der Waals surface area contributed by atoms with Gasteiger partial charge in [-0.3, -0.25) is 0 Å². The van der Waals surface area contributed by atoms with E-state index in [9.17, 15) is 0 Å². The maximum Gasteiger partial charge on any atom is 0.126 e. The Morgan fingerprint density at radius 3 is 2.42 bits per heavy atom. The van der Waals surface area contributed by atoms with Crippen molar-refractivity contribution in [2.45, 2.75) is 33.7 Å². The van der Waals surface area contributed by atoms with Crippen molar-refractivity contribution >= 4 is 5.82 Å². The van der Waals surface area contributed by atoms with Crippen molar-refractivity contribution in [3.8, 4) is 0 Å². The second-order valence-corrected chi connectivity index (χ2v) is 5.44. The van der Waals surface area contributed by atoms with Crippen LogP contribution < -0.4 is 5.32 Å². The van der Waals surface area contributed by atoms with Crippen LogP contribution in [0.25, 0.3) is 0 Å². The first-order chi connectivity index (χ1) is 9.08. The van der Waals surface area contributed by atoms with Crippen LogP contribution >= 0.6 is 0 Å². The lowest BCUT2D eigenvalue weighted by atomic mass is 9.92. The van der Waals surface area contributed by atoms with Gasteiger partial charge >= 0.3 is 0 Å². The van der Waals surface area contributed by atoms with Crippen LogP contribution in [0.3, 0.4) is 0 Å². The molecule has 2 nitrogen and oxygen atoms in total. The molecule has 1 heterocycles. The lowest BCUT2D eigenvalue weighted by Gasteiger charge is -2.25. The molecule has 19 heavy (non-hydrogen) atoms. The molecule has 2 aromatic rings. The second-order valence-electron chi connectivity index (χ2n) is 5.44. The second kappa shape index (κ2) is 5.87. The average molecular weight is 254 g/mol. The fraction of sp³-hybridized carbons (Fsp3) is 0.353. The Balaban J connectivity index is 2.29. The molecule has 0 saturated heterocycles. The van der Waals surface area contributed by atoms with Crippen molar-refractivity contribution in [3.63, 3.8) is 0 Å². The number of aryl methyl sites for hydroxylation is 2. The highest BCUT2D eigenvalue weighted by Gasteiger charge is 2.17. The third kappa shape index (κ3) is 3.34. The molecule has 0 spiro atoms. The molecule has 1 aromatic carbocycles. The van der Waals surface area contributed by atoms with Crippen LogP contribution in [0.4, 0.5) is 5.82 Å². The Labute approximate surface area is 115 Å². The van der Waals surface area contributed by atoms with Crippen LogP contribution in [0, 0.1) is 19.8 Å². The van der Waals surface area contributed by atoms with Crippen LogP contribution in [0.2, 0.25) is 0 Å². The van der Waals surface area contributed by atoms with Crippen molar-refractivity contribution < 1.29 is 0 Å². The van der Waals surface area contributed by atoms with Crippen LogP contribution in [-0.2, 0) is 0 Å². The van der Waals surface area contributed by atoms with Crippen molar-refractivity contribution in [3.05, 3.63) is 59.3 Å². The first-order valence-electron chi connectivity index (χ1n) is 6.82. The van der Waals surface area contributed by atoms with E-state index in [1.54, 1.807) is 0 Å². The van der Waals surface area contributed by atoms with Gasteiger partial charge in [-0.1, -0.05) is 38.1 Å². The Morgan fingerprint density at radius 1 is 1.05 bits per heavy atom. The van der Waals surface area contributed by atoms with Gasteiger partial charge in [-0.05, 0) is 48.6 Å². The fourth-order valence-corrected chi connectivity index (χ4v) is 2.31. The van der Waals surface area contributed by atoms with Crippen molar-refractivity contribution in [1.82, 2.24) is 4.98 Å². The minimum Gasteiger partial charge on any atom is -0.363 e. The van der Waals surface area contributed by atoms with Gasteiger partial charge in [-0.2, -0.15) is 0 Å². The molecule has 2 rings (SSSR count). The molecule has 1 aromatic heterocycles. The predicted octanol–water partition coefficient (Wildman–Crippen LogP) is 4.51. The van der Waals surface area contributed by atoms with E-state index in [-0.39, 0.29) is 6.04 Å². The first kappa shape index (κ1) is 13.6. The topological polar surface area (TPSA) is 24.9 Å². The summed E-state index contributed by atoms with van der Waals surface area (Å²) in [6.07, 6.45) is 1.85. The largest absolute Gasteiger partial charge is 0.363 e. The van der Waals surface area contributed by atoms with E-state index in [4.69, 9.17) is 0 Å². The van der Waals surface area contributed by atoms with Gasteiger partial charge in [-0.25, -0.2) is 4.98 Å². The third-order valence-electron chi connectivity index (χ3n) is 3.41. The monoisotopic (exact) mass is 254 g/mol. The Hall–Kier alpha value is -1.83. The molecule has 100 valence electrons. The summed E-state index contributed by atoms with van der Waals surface area (Å²) < 4.78 is 0. The number of nitrogens with one attached hydrogen (secondary N) is 1. The molecule has 0 aliphatic rings. The molecule has 1 N–H and O–H groups in total. The Kier molecular flexibility index (Phi) is 4.20. The van der Waals surface area contributed by atoms with Gasteiger partial charge in [0.1, 0.15) is 5.82 Å².